The number of benzene rings is 2. The maximum absolute atomic E-state index is 13.2. The molecule has 0 saturated carbocycles. The van der Waals surface area contributed by atoms with Crippen LogP contribution in [-0.4, -0.2) is 34.6 Å². The Morgan fingerprint density at radius 2 is 1.66 bits per heavy atom. The summed E-state index contributed by atoms with van der Waals surface area (Å²) in [6.07, 6.45) is 0.814. The number of carbonyl (C=O) groups excluding carboxylic acids is 2. The van der Waals surface area contributed by atoms with Crippen molar-refractivity contribution in [2.45, 2.75) is 65.4 Å². The van der Waals surface area contributed by atoms with Gasteiger partial charge in [-0.1, -0.05) is 65.5 Å². The lowest BCUT2D eigenvalue weighted by molar-refractivity contribution is -0.138. The third-order valence-corrected chi connectivity index (χ3v) is 7.03. The zero-order valence-corrected chi connectivity index (χ0v) is 21.7. The van der Waals surface area contributed by atoms with E-state index in [-0.39, 0.29) is 30.2 Å². The molecule has 4 nitrogen and oxygen atoms in total. The quantitative estimate of drug-likeness (QED) is 0.429. The van der Waals surface area contributed by atoms with Crippen LogP contribution in [0.15, 0.2) is 36.4 Å². The molecule has 0 aromatic heterocycles. The van der Waals surface area contributed by atoms with Crippen molar-refractivity contribution in [2.75, 3.05) is 5.75 Å². The van der Waals surface area contributed by atoms with Crippen molar-refractivity contribution in [3.8, 4) is 0 Å². The lowest BCUT2D eigenvalue weighted by Crippen LogP contribution is -2.50. The average molecular weight is 496 g/mol. The molecule has 2 aromatic carbocycles. The second-order valence-corrected chi connectivity index (χ2v) is 10.0. The molecule has 0 aliphatic rings. The van der Waals surface area contributed by atoms with Crippen LogP contribution in [0.2, 0.25) is 10.0 Å². The molecule has 32 heavy (non-hydrogen) atoms. The zero-order valence-electron chi connectivity index (χ0n) is 19.4. The number of hydrogen-bond acceptors (Lipinski definition) is 3. The first-order chi connectivity index (χ1) is 15.1. The fourth-order valence-electron chi connectivity index (χ4n) is 3.39. The van der Waals surface area contributed by atoms with Gasteiger partial charge in [0.05, 0.1) is 5.75 Å². The first kappa shape index (κ1) is 26.6. The number of hydrogen-bond donors (Lipinski definition) is 1. The van der Waals surface area contributed by atoms with Crippen molar-refractivity contribution in [3.05, 3.63) is 68.7 Å². The highest BCUT2D eigenvalue weighted by molar-refractivity contribution is 7.99. The summed E-state index contributed by atoms with van der Waals surface area (Å²) in [5, 5.41) is 3.93. The highest BCUT2D eigenvalue weighted by Crippen LogP contribution is 2.27. The van der Waals surface area contributed by atoms with Gasteiger partial charge in [-0.05, 0) is 51.8 Å². The first-order valence-electron chi connectivity index (χ1n) is 10.8. The van der Waals surface area contributed by atoms with Crippen molar-refractivity contribution >= 4 is 46.8 Å². The van der Waals surface area contributed by atoms with Gasteiger partial charge in [0.2, 0.25) is 11.8 Å². The van der Waals surface area contributed by atoms with E-state index < -0.39 is 6.04 Å². The Labute approximate surface area is 206 Å². The number of carbonyl (C=O) groups is 2. The first-order valence-corrected chi connectivity index (χ1v) is 12.7. The van der Waals surface area contributed by atoms with E-state index in [1.807, 2.05) is 13.8 Å². The van der Waals surface area contributed by atoms with Gasteiger partial charge < -0.3 is 10.2 Å². The largest absolute Gasteiger partial charge is 0.352 e. The van der Waals surface area contributed by atoms with E-state index in [0.29, 0.717) is 15.6 Å². The van der Waals surface area contributed by atoms with Crippen LogP contribution in [0.1, 0.15) is 49.4 Å². The van der Waals surface area contributed by atoms with Crippen LogP contribution < -0.4 is 5.32 Å². The van der Waals surface area contributed by atoms with Crippen molar-refractivity contribution in [3.63, 3.8) is 0 Å². The van der Waals surface area contributed by atoms with Crippen LogP contribution >= 0.6 is 35.0 Å². The molecule has 0 aliphatic carbocycles. The maximum Gasteiger partial charge on any atom is 0.242 e. The van der Waals surface area contributed by atoms with E-state index in [1.165, 1.54) is 28.5 Å². The second-order valence-electron chi connectivity index (χ2n) is 8.20. The molecule has 2 aromatic rings. The van der Waals surface area contributed by atoms with Crippen molar-refractivity contribution < 1.29 is 9.59 Å². The summed E-state index contributed by atoms with van der Waals surface area (Å²) < 4.78 is 0. The number of rotatable bonds is 10. The minimum absolute atomic E-state index is 0.0322. The highest BCUT2D eigenvalue weighted by Gasteiger charge is 2.28. The standard InChI is InChI=1S/C25H32Cl2N2O2S/c1-6-18(4)28-25(31)19(5)29(13-21-22(26)8-7-9-23(21)27)24(30)15-32-14-20-11-16(2)10-17(3)12-20/h7-12,18-19H,6,13-15H2,1-5H3,(H,28,31)/t18-,19+/m0/s1. The Kier molecular flexibility index (Phi) is 10.4. The molecule has 7 heteroatoms. The monoisotopic (exact) mass is 494 g/mol. The van der Waals surface area contributed by atoms with Gasteiger partial charge in [-0.15, -0.1) is 11.8 Å². The zero-order chi connectivity index (χ0) is 23.8. The second kappa shape index (κ2) is 12.5. The molecule has 0 bridgehead atoms. The summed E-state index contributed by atoms with van der Waals surface area (Å²) in [5.41, 5.74) is 4.24. The van der Waals surface area contributed by atoms with Crippen molar-refractivity contribution in [1.82, 2.24) is 10.2 Å². The normalized spacial score (nSPS) is 12.8. The van der Waals surface area contributed by atoms with Gasteiger partial charge in [0.1, 0.15) is 6.04 Å². The number of nitrogens with one attached hydrogen (secondary N) is 1. The predicted octanol–water partition coefficient (Wildman–Crippen LogP) is 6.18. The molecule has 0 heterocycles. The van der Waals surface area contributed by atoms with E-state index in [2.05, 4.69) is 37.4 Å². The van der Waals surface area contributed by atoms with Gasteiger partial charge in [-0.3, -0.25) is 9.59 Å². The van der Waals surface area contributed by atoms with Crippen LogP contribution in [0, 0.1) is 13.8 Å². The van der Waals surface area contributed by atoms with Crippen LogP contribution in [-0.2, 0) is 21.9 Å². The van der Waals surface area contributed by atoms with E-state index in [0.717, 1.165) is 12.2 Å². The van der Waals surface area contributed by atoms with E-state index in [1.54, 1.807) is 30.0 Å². The molecule has 2 rings (SSSR count). The fourth-order valence-corrected chi connectivity index (χ4v) is 4.76. The molecular formula is C25H32Cl2N2O2S. The van der Waals surface area contributed by atoms with Gasteiger partial charge in [-0.25, -0.2) is 0 Å². The summed E-state index contributed by atoms with van der Waals surface area (Å²) in [4.78, 5) is 27.6. The molecule has 2 atom stereocenters. The smallest absolute Gasteiger partial charge is 0.242 e. The Bertz CT molecular complexity index is 911. The van der Waals surface area contributed by atoms with Gasteiger partial charge in [0.25, 0.3) is 0 Å². The Balaban J connectivity index is 2.16. The van der Waals surface area contributed by atoms with Gasteiger partial charge in [-0.2, -0.15) is 0 Å². The van der Waals surface area contributed by atoms with Gasteiger partial charge in [0, 0.05) is 33.9 Å². The average Bonchev–Trinajstić information content (AvgIpc) is 2.72. The lowest BCUT2D eigenvalue weighted by Gasteiger charge is -2.30. The highest BCUT2D eigenvalue weighted by atomic mass is 35.5. The molecule has 0 fully saturated rings. The SMILES string of the molecule is CC[C@H](C)NC(=O)[C@@H](C)N(Cc1c(Cl)cccc1Cl)C(=O)CSCc1cc(C)cc(C)c1. The lowest BCUT2D eigenvalue weighted by atomic mass is 10.1. The number of aryl methyl sites for hydroxylation is 2. The van der Waals surface area contributed by atoms with E-state index in [4.69, 9.17) is 23.2 Å². The third-order valence-electron chi connectivity index (χ3n) is 5.33. The summed E-state index contributed by atoms with van der Waals surface area (Å²) in [6.45, 7) is 10.0. The number of nitrogens with zero attached hydrogens (tertiary/aromatic N) is 1. The molecule has 0 saturated heterocycles. The molecule has 0 radical (unpaired) electrons. The van der Waals surface area contributed by atoms with Gasteiger partial charge in [0.15, 0.2) is 0 Å². The Hall–Kier alpha value is -1.69. The van der Waals surface area contributed by atoms with Crippen LogP contribution in [0.25, 0.3) is 0 Å². The minimum Gasteiger partial charge on any atom is -0.352 e. The number of halogens is 2. The van der Waals surface area contributed by atoms with Gasteiger partial charge >= 0.3 is 0 Å². The summed E-state index contributed by atoms with van der Waals surface area (Å²) in [5.74, 6) is 0.677. The summed E-state index contributed by atoms with van der Waals surface area (Å²) >= 11 is 14.2. The van der Waals surface area contributed by atoms with E-state index in [9.17, 15) is 9.59 Å². The van der Waals surface area contributed by atoms with Crippen molar-refractivity contribution in [2.24, 2.45) is 0 Å². The fraction of sp³-hybridized carbons (Fsp3) is 0.440. The molecule has 0 spiro atoms. The van der Waals surface area contributed by atoms with E-state index >= 15 is 0 Å². The van der Waals surface area contributed by atoms with Crippen LogP contribution in [0.3, 0.4) is 0 Å². The minimum atomic E-state index is -0.648. The molecule has 0 aliphatic heterocycles. The summed E-state index contributed by atoms with van der Waals surface area (Å²) in [6, 6.07) is 11.0. The molecule has 0 unspecified atom stereocenters. The van der Waals surface area contributed by atoms with Crippen molar-refractivity contribution in [1.29, 1.82) is 0 Å². The molecule has 174 valence electrons. The molecule has 1 N–H and O–H groups in total. The predicted molar refractivity (Wildman–Crippen MR) is 136 cm³/mol. The van der Waals surface area contributed by atoms with Crippen LogP contribution in [0.5, 0.6) is 0 Å². The number of thioether (sulfide) groups is 1. The Morgan fingerprint density at radius 3 is 2.22 bits per heavy atom. The summed E-state index contributed by atoms with van der Waals surface area (Å²) in [7, 11) is 0. The number of amides is 2. The third kappa shape index (κ3) is 7.72. The van der Waals surface area contributed by atoms with Crippen LogP contribution in [0.4, 0.5) is 0 Å². The molecule has 2 amide bonds. The molecular weight excluding hydrogens is 463 g/mol. The topological polar surface area (TPSA) is 49.4 Å². The Morgan fingerprint density at radius 1 is 1.06 bits per heavy atom. The maximum atomic E-state index is 13.2.